The van der Waals surface area contributed by atoms with Gasteiger partial charge in [-0.1, -0.05) is 20.8 Å². The highest BCUT2D eigenvalue weighted by Gasteiger charge is 1.68. The second-order valence-electron chi connectivity index (χ2n) is 2.40. The summed E-state index contributed by atoms with van der Waals surface area (Å²) in [6, 6.07) is 0. The van der Waals surface area contributed by atoms with Crippen molar-refractivity contribution in [3.8, 4) is 0 Å². The van der Waals surface area contributed by atoms with Crippen LogP contribution in [0, 0.1) is 5.92 Å². The van der Waals surface area contributed by atoms with Crippen molar-refractivity contribution in [1.82, 2.24) is 0 Å². The summed E-state index contributed by atoms with van der Waals surface area (Å²) in [5, 5.41) is 0. The van der Waals surface area contributed by atoms with E-state index < -0.39 is 0 Å². The molecule has 0 amide bonds. The van der Waals surface area contributed by atoms with Gasteiger partial charge in [0.25, 0.3) is 0 Å². The molecule has 0 bridgehead atoms. The van der Waals surface area contributed by atoms with Gasteiger partial charge in [0.2, 0.25) is 0 Å². The highest BCUT2D eigenvalue weighted by molar-refractivity contribution is 5.69. The molecule has 0 aromatic carbocycles. The molecule has 0 unspecified atom stereocenters. The Labute approximate surface area is 63.1 Å². The lowest BCUT2D eigenvalue weighted by Gasteiger charge is -1.79. The molecule has 0 atom stereocenters. The molecule has 0 aliphatic rings. The Bertz CT molecular complexity index is 82.3. The van der Waals surface area contributed by atoms with Crippen LogP contribution in [0.1, 0.15) is 20.8 Å². The van der Waals surface area contributed by atoms with Crippen LogP contribution in [0.15, 0.2) is 9.98 Å². The Morgan fingerprint density at radius 3 is 1.80 bits per heavy atom. The fraction of sp³-hybridized carbons (Fsp3) is 0.714. The lowest BCUT2D eigenvalue weighted by atomic mass is 10.3. The summed E-state index contributed by atoms with van der Waals surface area (Å²) in [4.78, 5) is 6.97. The maximum absolute atomic E-state index is 4.83. The minimum absolute atomic E-state index is 0.833. The van der Waals surface area contributed by atoms with Gasteiger partial charge >= 0.3 is 0 Å². The topological polar surface area (TPSA) is 50.7 Å². The van der Waals surface area contributed by atoms with Crippen LogP contribution in [0.3, 0.4) is 0 Å². The van der Waals surface area contributed by atoms with E-state index in [4.69, 9.17) is 5.73 Å². The molecular formula is C7H17N3. The lowest BCUT2D eigenvalue weighted by Crippen LogP contribution is -1.86. The predicted molar refractivity (Wildman–Crippen MR) is 47.6 cm³/mol. The zero-order chi connectivity index (χ0) is 8.41. The van der Waals surface area contributed by atoms with Crippen molar-refractivity contribution in [2.45, 2.75) is 20.8 Å². The number of hydrogen-bond donors (Lipinski definition) is 1. The number of rotatable bonds is 1. The van der Waals surface area contributed by atoms with Crippen molar-refractivity contribution in [2.24, 2.45) is 21.6 Å². The Morgan fingerprint density at radius 1 is 1.30 bits per heavy atom. The van der Waals surface area contributed by atoms with Crippen LogP contribution in [-0.2, 0) is 0 Å². The van der Waals surface area contributed by atoms with Crippen molar-refractivity contribution < 1.29 is 0 Å². The Hall–Kier alpha value is -0.860. The molecule has 0 aromatic heterocycles. The molecule has 0 aromatic rings. The first-order valence-corrected chi connectivity index (χ1v) is 3.29. The highest BCUT2D eigenvalue weighted by atomic mass is 14.9. The lowest BCUT2D eigenvalue weighted by molar-refractivity contribution is 0.737. The van der Waals surface area contributed by atoms with Crippen molar-refractivity contribution in [2.75, 3.05) is 7.05 Å². The van der Waals surface area contributed by atoms with E-state index in [0.717, 1.165) is 5.92 Å². The maximum atomic E-state index is 4.83. The minimum Gasteiger partial charge on any atom is -0.390 e. The van der Waals surface area contributed by atoms with E-state index in [0.29, 0.717) is 0 Å². The molecule has 0 rings (SSSR count). The summed E-state index contributed by atoms with van der Waals surface area (Å²) in [6.45, 7) is 6.50. The molecule has 0 saturated carbocycles. The highest BCUT2D eigenvalue weighted by Crippen LogP contribution is 1.81. The smallest absolute Gasteiger partial charge is 0.111 e. The van der Waals surface area contributed by atoms with Gasteiger partial charge in [0, 0.05) is 7.05 Å². The first-order valence-electron chi connectivity index (χ1n) is 3.29. The Kier molecular flexibility index (Phi) is 13.1. The zero-order valence-electron chi connectivity index (χ0n) is 7.20. The molecule has 10 heavy (non-hydrogen) atoms. The van der Waals surface area contributed by atoms with E-state index in [9.17, 15) is 0 Å². The minimum atomic E-state index is 0.833. The van der Waals surface area contributed by atoms with E-state index in [2.05, 4.69) is 30.8 Å². The van der Waals surface area contributed by atoms with Crippen molar-refractivity contribution >= 4 is 12.7 Å². The molecule has 0 saturated heterocycles. The molecule has 60 valence electrons. The number of nitrogens with zero attached hydrogens (tertiary/aromatic N) is 2. The van der Waals surface area contributed by atoms with Crippen LogP contribution in [0.4, 0.5) is 0 Å². The summed E-state index contributed by atoms with van der Waals surface area (Å²) in [7, 11) is 1.63. The normalized spacial score (nSPS) is 10.5. The SMILES string of the molecule is CC(C)C.CN=CN=CN. The van der Waals surface area contributed by atoms with Crippen molar-refractivity contribution in [3.63, 3.8) is 0 Å². The summed E-state index contributed by atoms with van der Waals surface area (Å²) >= 11 is 0. The molecule has 3 heteroatoms. The zero-order valence-corrected chi connectivity index (χ0v) is 7.20. The predicted octanol–water partition coefficient (Wildman–Crippen LogP) is 1.29. The second kappa shape index (κ2) is 11.0. The largest absolute Gasteiger partial charge is 0.390 e. The van der Waals surface area contributed by atoms with Crippen LogP contribution >= 0.6 is 0 Å². The molecule has 3 nitrogen and oxygen atoms in total. The van der Waals surface area contributed by atoms with E-state index in [1.54, 1.807) is 7.05 Å². The third-order valence-corrected chi connectivity index (χ3v) is 0.268. The van der Waals surface area contributed by atoms with Gasteiger partial charge in [0.1, 0.15) is 6.34 Å². The number of nitrogens with two attached hydrogens (primary N) is 1. The van der Waals surface area contributed by atoms with Gasteiger partial charge in [-0.15, -0.1) is 0 Å². The van der Waals surface area contributed by atoms with Crippen LogP contribution in [0.2, 0.25) is 0 Å². The van der Waals surface area contributed by atoms with Crippen molar-refractivity contribution in [1.29, 1.82) is 0 Å². The van der Waals surface area contributed by atoms with E-state index in [1.165, 1.54) is 12.7 Å². The van der Waals surface area contributed by atoms with Gasteiger partial charge in [0.15, 0.2) is 0 Å². The average Bonchev–Trinajstić information content (AvgIpc) is 1.82. The summed E-state index contributed by atoms with van der Waals surface area (Å²) in [6.07, 6.45) is 2.56. The van der Waals surface area contributed by atoms with Gasteiger partial charge in [-0.2, -0.15) is 0 Å². The van der Waals surface area contributed by atoms with Crippen molar-refractivity contribution in [3.05, 3.63) is 0 Å². The van der Waals surface area contributed by atoms with Crippen LogP contribution < -0.4 is 5.73 Å². The molecule has 0 aliphatic carbocycles. The molecule has 0 spiro atoms. The quantitative estimate of drug-likeness (QED) is 0.436. The van der Waals surface area contributed by atoms with E-state index in [1.807, 2.05) is 0 Å². The molecule has 2 N–H and O–H groups in total. The fourth-order valence-electron chi connectivity index (χ4n) is 0.105. The summed E-state index contributed by atoms with van der Waals surface area (Å²) in [5.41, 5.74) is 4.83. The fourth-order valence-corrected chi connectivity index (χ4v) is 0.105. The van der Waals surface area contributed by atoms with E-state index >= 15 is 0 Å². The second-order valence-corrected chi connectivity index (χ2v) is 2.40. The Morgan fingerprint density at radius 2 is 1.70 bits per heavy atom. The number of hydrogen-bond acceptors (Lipinski definition) is 1. The third-order valence-electron chi connectivity index (χ3n) is 0.268. The summed E-state index contributed by atoms with van der Waals surface area (Å²) in [5.74, 6) is 0.833. The molecule has 0 fully saturated rings. The number of aliphatic imine (C=N–C) groups is 2. The first kappa shape index (κ1) is 11.9. The van der Waals surface area contributed by atoms with Crippen LogP contribution in [0.5, 0.6) is 0 Å². The van der Waals surface area contributed by atoms with Gasteiger partial charge in [0.05, 0.1) is 6.34 Å². The van der Waals surface area contributed by atoms with E-state index in [-0.39, 0.29) is 0 Å². The molecular weight excluding hydrogens is 126 g/mol. The Balaban J connectivity index is 0. The van der Waals surface area contributed by atoms with Crippen LogP contribution in [-0.4, -0.2) is 19.7 Å². The molecule has 0 radical (unpaired) electrons. The first-order chi connectivity index (χ1) is 4.65. The summed E-state index contributed by atoms with van der Waals surface area (Å²) < 4.78 is 0. The monoisotopic (exact) mass is 143 g/mol. The molecule has 0 heterocycles. The van der Waals surface area contributed by atoms with Gasteiger partial charge in [-0.3, -0.25) is 4.99 Å². The average molecular weight is 143 g/mol. The van der Waals surface area contributed by atoms with Crippen LogP contribution in [0.25, 0.3) is 0 Å². The standard InChI is InChI=1S/C4H10.C3H7N3/c1-4(2)3;1-5-3-6-2-4/h4H,1-3H3;2-3H,1H3,(H2,4,5,6). The molecule has 0 aliphatic heterocycles. The van der Waals surface area contributed by atoms with Gasteiger partial charge in [-0.25, -0.2) is 4.99 Å². The third kappa shape index (κ3) is 58.8. The van der Waals surface area contributed by atoms with Gasteiger partial charge in [-0.05, 0) is 5.92 Å². The van der Waals surface area contributed by atoms with Gasteiger partial charge < -0.3 is 5.73 Å². The maximum Gasteiger partial charge on any atom is 0.111 e.